The van der Waals surface area contributed by atoms with Gasteiger partial charge >= 0.3 is 17.9 Å². The van der Waals surface area contributed by atoms with E-state index in [1.807, 2.05) is 0 Å². The molecular weight excluding hydrogens is 985 g/mol. The molecule has 0 heterocycles. The summed E-state index contributed by atoms with van der Waals surface area (Å²) >= 11 is 0. The van der Waals surface area contributed by atoms with Crippen LogP contribution in [-0.4, -0.2) is 37.2 Å². The van der Waals surface area contributed by atoms with Crippen LogP contribution in [0.1, 0.15) is 412 Å². The maximum absolute atomic E-state index is 13.0. The van der Waals surface area contributed by atoms with E-state index < -0.39 is 6.10 Å². The van der Waals surface area contributed by atoms with Gasteiger partial charge in [-0.1, -0.05) is 347 Å². The van der Waals surface area contributed by atoms with E-state index in [0.29, 0.717) is 19.3 Å². The van der Waals surface area contributed by atoms with Gasteiger partial charge in [-0.05, 0) is 70.6 Å². The van der Waals surface area contributed by atoms with Crippen LogP contribution in [0.2, 0.25) is 0 Å². The summed E-state index contributed by atoms with van der Waals surface area (Å²) in [6.45, 7) is 6.73. The second-order valence-corrected chi connectivity index (χ2v) is 24.9. The number of unbranched alkanes of at least 4 members (excludes halogenated alkanes) is 53. The summed E-state index contributed by atoms with van der Waals surface area (Å²) in [6, 6.07) is 0. The lowest BCUT2D eigenvalue weighted by molar-refractivity contribution is -0.167. The Bertz CT molecular complexity index is 1290. The fourth-order valence-corrected chi connectivity index (χ4v) is 11.2. The number of carbonyl (C=O) groups excluding carboxylic acids is 3. The molecule has 0 N–H and O–H groups in total. The summed E-state index contributed by atoms with van der Waals surface area (Å²) < 4.78 is 17.0. The van der Waals surface area contributed by atoms with Gasteiger partial charge in [0.15, 0.2) is 6.10 Å². The zero-order valence-electron chi connectivity index (χ0n) is 54.4. The third kappa shape index (κ3) is 66.7. The van der Waals surface area contributed by atoms with Gasteiger partial charge in [-0.2, -0.15) is 0 Å². The van der Waals surface area contributed by atoms with E-state index in [-0.39, 0.29) is 31.1 Å². The molecule has 0 aromatic carbocycles. The molecule has 0 saturated heterocycles. The van der Waals surface area contributed by atoms with E-state index in [0.717, 1.165) is 57.8 Å². The van der Waals surface area contributed by atoms with Crippen LogP contribution in [0.5, 0.6) is 0 Å². The Labute approximate surface area is 500 Å². The van der Waals surface area contributed by atoms with Crippen molar-refractivity contribution in [3.05, 3.63) is 24.3 Å². The lowest BCUT2D eigenvalue weighted by atomic mass is 10.0. The first kappa shape index (κ1) is 77.9. The molecule has 0 bridgehead atoms. The molecular formula is C74H140O6. The summed E-state index contributed by atoms with van der Waals surface area (Å²) in [6.07, 6.45) is 84.9. The Kier molecular flexibility index (Phi) is 67.6. The quantitative estimate of drug-likeness (QED) is 0.0261. The molecule has 0 saturated carbocycles. The molecule has 0 fully saturated rings. The van der Waals surface area contributed by atoms with Crippen molar-refractivity contribution in [2.75, 3.05) is 13.2 Å². The Morgan fingerprint density at radius 3 is 0.625 bits per heavy atom. The van der Waals surface area contributed by atoms with Crippen LogP contribution in [0.15, 0.2) is 24.3 Å². The highest BCUT2D eigenvalue weighted by atomic mass is 16.6. The minimum Gasteiger partial charge on any atom is -0.462 e. The Morgan fingerprint density at radius 1 is 0.237 bits per heavy atom. The highest BCUT2D eigenvalue weighted by Gasteiger charge is 2.19. The molecule has 0 aliphatic heterocycles. The topological polar surface area (TPSA) is 78.9 Å². The number of rotatable bonds is 68. The molecule has 0 rings (SSSR count). The van der Waals surface area contributed by atoms with Crippen LogP contribution >= 0.6 is 0 Å². The SMILES string of the molecule is CCCCCCCCCC/C=C\CCCCCCCCCCCC(=O)OCC(COC(=O)CCCCCCCCCCCCCCCCCCCCCC)OC(=O)CCCCCCCCCCC/C=C\CCCCCCCCCC. The van der Waals surface area contributed by atoms with Gasteiger partial charge in [0.2, 0.25) is 0 Å². The van der Waals surface area contributed by atoms with Crippen molar-refractivity contribution >= 4 is 17.9 Å². The van der Waals surface area contributed by atoms with Crippen molar-refractivity contribution in [2.45, 2.75) is 419 Å². The first-order valence-electron chi connectivity index (χ1n) is 36.3. The van der Waals surface area contributed by atoms with E-state index in [1.54, 1.807) is 0 Å². The van der Waals surface area contributed by atoms with Crippen LogP contribution in [0, 0.1) is 0 Å². The molecule has 0 aliphatic carbocycles. The number of ether oxygens (including phenoxy) is 3. The molecule has 1 unspecified atom stereocenters. The maximum atomic E-state index is 13.0. The van der Waals surface area contributed by atoms with Crippen LogP contribution in [-0.2, 0) is 28.6 Å². The van der Waals surface area contributed by atoms with E-state index in [2.05, 4.69) is 45.1 Å². The van der Waals surface area contributed by atoms with Gasteiger partial charge in [-0.25, -0.2) is 0 Å². The molecule has 0 spiro atoms. The van der Waals surface area contributed by atoms with Gasteiger partial charge in [0, 0.05) is 19.3 Å². The van der Waals surface area contributed by atoms with Crippen LogP contribution in [0.4, 0.5) is 0 Å². The Morgan fingerprint density at radius 2 is 0.412 bits per heavy atom. The first-order chi connectivity index (χ1) is 39.5. The number of esters is 3. The van der Waals surface area contributed by atoms with E-state index in [4.69, 9.17) is 14.2 Å². The van der Waals surface area contributed by atoms with Gasteiger partial charge in [0.25, 0.3) is 0 Å². The molecule has 6 heteroatoms. The fourth-order valence-electron chi connectivity index (χ4n) is 11.2. The minimum absolute atomic E-state index is 0.0668. The van der Waals surface area contributed by atoms with E-state index >= 15 is 0 Å². The van der Waals surface area contributed by atoms with E-state index in [9.17, 15) is 14.4 Å². The predicted octanol–water partition coefficient (Wildman–Crippen LogP) is 25.0. The molecule has 0 aromatic rings. The van der Waals surface area contributed by atoms with Gasteiger partial charge < -0.3 is 14.2 Å². The lowest BCUT2D eigenvalue weighted by Gasteiger charge is -2.18. The largest absolute Gasteiger partial charge is 0.462 e. The van der Waals surface area contributed by atoms with Gasteiger partial charge in [-0.15, -0.1) is 0 Å². The third-order valence-corrected chi connectivity index (χ3v) is 16.7. The van der Waals surface area contributed by atoms with Crippen LogP contribution in [0.3, 0.4) is 0 Å². The van der Waals surface area contributed by atoms with Crippen molar-refractivity contribution in [2.24, 2.45) is 0 Å². The summed E-state index contributed by atoms with van der Waals surface area (Å²) in [5.41, 5.74) is 0. The van der Waals surface area contributed by atoms with Crippen molar-refractivity contribution in [3.8, 4) is 0 Å². The second kappa shape index (κ2) is 69.4. The van der Waals surface area contributed by atoms with Crippen LogP contribution < -0.4 is 0 Å². The predicted molar refractivity (Wildman–Crippen MR) is 349 cm³/mol. The maximum Gasteiger partial charge on any atom is 0.306 e. The highest BCUT2D eigenvalue weighted by molar-refractivity contribution is 5.71. The molecule has 6 nitrogen and oxygen atoms in total. The molecule has 80 heavy (non-hydrogen) atoms. The normalized spacial score (nSPS) is 12.1. The standard InChI is InChI=1S/C74H140O6/c1-4-7-10-13-16-19-22-25-28-31-34-37-40-43-46-49-52-55-58-61-64-67-73(76)79-70-71(69-78-72(75)66-63-60-57-54-51-48-45-42-39-36-33-30-27-24-21-18-15-12-9-6-3)80-74(77)68-65-62-59-56-53-50-47-44-41-38-35-32-29-26-23-20-17-14-11-8-5-2/h31-32,34-35,71H,4-30,33,36-70H2,1-3H3/b34-31-,35-32-. The molecule has 472 valence electrons. The molecule has 0 aliphatic rings. The average Bonchev–Trinajstić information content (AvgIpc) is 3.46. The molecule has 0 amide bonds. The monoisotopic (exact) mass is 1130 g/mol. The second-order valence-electron chi connectivity index (χ2n) is 24.9. The smallest absolute Gasteiger partial charge is 0.306 e. The fraction of sp³-hybridized carbons (Fsp3) is 0.905. The zero-order chi connectivity index (χ0) is 57.8. The van der Waals surface area contributed by atoms with Crippen molar-refractivity contribution in [3.63, 3.8) is 0 Å². The number of hydrogen-bond acceptors (Lipinski definition) is 6. The summed E-state index contributed by atoms with van der Waals surface area (Å²) in [5.74, 6) is -0.836. The third-order valence-electron chi connectivity index (χ3n) is 16.7. The Hall–Kier alpha value is -2.11. The van der Waals surface area contributed by atoms with Gasteiger partial charge in [0.1, 0.15) is 13.2 Å². The van der Waals surface area contributed by atoms with Crippen molar-refractivity contribution < 1.29 is 28.6 Å². The Balaban J connectivity index is 4.31. The number of hydrogen-bond donors (Lipinski definition) is 0. The molecule has 1 atom stereocenters. The zero-order valence-corrected chi connectivity index (χ0v) is 54.4. The summed E-state index contributed by atoms with van der Waals surface area (Å²) in [5, 5.41) is 0. The highest BCUT2D eigenvalue weighted by Crippen LogP contribution is 2.19. The number of allylic oxidation sites excluding steroid dienone is 4. The van der Waals surface area contributed by atoms with Gasteiger partial charge in [0.05, 0.1) is 0 Å². The van der Waals surface area contributed by atoms with Crippen molar-refractivity contribution in [1.29, 1.82) is 0 Å². The summed E-state index contributed by atoms with van der Waals surface area (Å²) in [4.78, 5) is 38.5. The minimum atomic E-state index is -0.772. The van der Waals surface area contributed by atoms with Crippen LogP contribution in [0.25, 0.3) is 0 Å². The lowest BCUT2D eigenvalue weighted by Crippen LogP contribution is -2.30. The van der Waals surface area contributed by atoms with Crippen molar-refractivity contribution in [1.82, 2.24) is 0 Å². The van der Waals surface area contributed by atoms with Gasteiger partial charge in [-0.3, -0.25) is 14.4 Å². The summed E-state index contributed by atoms with van der Waals surface area (Å²) in [7, 11) is 0. The average molecular weight is 1130 g/mol. The molecule has 0 aromatic heterocycles. The first-order valence-corrected chi connectivity index (χ1v) is 36.3. The van der Waals surface area contributed by atoms with E-state index in [1.165, 1.54) is 315 Å². The number of carbonyl (C=O) groups is 3. The molecule has 0 radical (unpaired) electrons.